The molecule has 0 atom stereocenters. The molecule has 3 heterocycles. The van der Waals surface area contributed by atoms with Crippen LogP contribution in [0, 0.1) is 0 Å². The van der Waals surface area contributed by atoms with Crippen LogP contribution in [-0.2, 0) is 7.05 Å². The first kappa shape index (κ1) is 19.2. The Kier molecular flexibility index (Phi) is 5.04. The van der Waals surface area contributed by atoms with Crippen molar-refractivity contribution in [2.24, 2.45) is 7.05 Å². The van der Waals surface area contributed by atoms with E-state index < -0.39 is 0 Å². The Balaban J connectivity index is 1.32. The number of nitrogens with zero attached hydrogens (tertiary/aromatic N) is 4. The average Bonchev–Trinajstić information content (AvgIpc) is 3.15. The Hall–Kier alpha value is -3.80. The van der Waals surface area contributed by atoms with Gasteiger partial charge in [0.2, 0.25) is 0 Å². The molecular weight excluding hydrogens is 388 g/mol. The lowest BCUT2D eigenvalue weighted by Gasteiger charge is -2.35. The van der Waals surface area contributed by atoms with Gasteiger partial charge in [-0.1, -0.05) is 24.3 Å². The van der Waals surface area contributed by atoms with Crippen molar-refractivity contribution in [1.82, 2.24) is 14.5 Å². The number of aryl methyl sites for hydroxylation is 1. The van der Waals surface area contributed by atoms with Crippen molar-refractivity contribution in [3.05, 3.63) is 84.7 Å². The number of aromatic nitrogens is 2. The van der Waals surface area contributed by atoms with Crippen LogP contribution in [0.3, 0.4) is 0 Å². The molecule has 0 unspecified atom stereocenters. The lowest BCUT2D eigenvalue weighted by Crippen LogP contribution is -2.49. The summed E-state index contributed by atoms with van der Waals surface area (Å²) in [7, 11) is 1.94. The van der Waals surface area contributed by atoms with Gasteiger partial charge in [-0.2, -0.15) is 0 Å². The Morgan fingerprint density at radius 2 is 1.65 bits per heavy atom. The molecule has 6 heteroatoms. The van der Waals surface area contributed by atoms with E-state index in [4.69, 9.17) is 4.74 Å². The number of pyridine rings is 1. The second-order valence-corrected chi connectivity index (χ2v) is 7.69. The molecular formula is C25H24N4O2. The van der Waals surface area contributed by atoms with E-state index in [1.165, 1.54) is 0 Å². The van der Waals surface area contributed by atoms with Gasteiger partial charge in [-0.3, -0.25) is 4.79 Å². The third-order valence-electron chi connectivity index (χ3n) is 5.75. The van der Waals surface area contributed by atoms with E-state index in [1.807, 2.05) is 89.3 Å². The zero-order valence-electron chi connectivity index (χ0n) is 17.4. The van der Waals surface area contributed by atoms with E-state index >= 15 is 0 Å². The van der Waals surface area contributed by atoms with Crippen molar-refractivity contribution >= 4 is 22.6 Å². The monoisotopic (exact) mass is 412 g/mol. The lowest BCUT2D eigenvalue weighted by molar-refractivity contribution is 0.0737. The van der Waals surface area contributed by atoms with Gasteiger partial charge < -0.3 is 19.1 Å². The molecule has 1 amide bonds. The topological polar surface area (TPSA) is 50.6 Å². The summed E-state index contributed by atoms with van der Waals surface area (Å²) >= 11 is 0. The Labute approximate surface area is 181 Å². The molecule has 1 fully saturated rings. The number of ether oxygens (including phenoxy) is 1. The molecule has 6 nitrogen and oxygen atoms in total. The van der Waals surface area contributed by atoms with Gasteiger partial charge in [0.1, 0.15) is 23.0 Å². The highest BCUT2D eigenvalue weighted by atomic mass is 16.5. The largest absolute Gasteiger partial charge is 0.457 e. The number of carbonyl (C=O) groups excluding carboxylic acids is 1. The van der Waals surface area contributed by atoms with E-state index in [0.29, 0.717) is 18.8 Å². The number of fused-ring (bicyclic) bond motifs is 1. The van der Waals surface area contributed by atoms with E-state index in [2.05, 4.69) is 9.88 Å². The van der Waals surface area contributed by atoms with Crippen molar-refractivity contribution in [3.63, 3.8) is 0 Å². The second-order valence-electron chi connectivity index (χ2n) is 7.69. The Morgan fingerprint density at radius 1 is 0.871 bits per heavy atom. The van der Waals surface area contributed by atoms with Gasteiger partial charge in [-0.15, -0.1) is 0 Å². The van der Waals surface area contributed by atoms with E-state index in [9.17, 15) is 4.79 Å². The highest BCUT2D eigenvalue weighted by molar-refractivity contribution is 5.99. The zero-order chi connectivity index (χ0) is 21.2. The summed E-state index contributed by atoms with van der Waals surface area (Å²) in [6.45, 7) is 2.92. The molecule has 5 rings (SSSR count). The van der Waals surface area contributed by atoms with Crippen molar-refractivity contribution in [2.75, 3.05) is 31.1 Å². The normalized spacial score (nSPS) is 14.1. The fourth-order valence-corrected chi connectivity index (χ4v) is 4.06. The number of rotatable bonds is 4. The summed E-state index contributed by atoms with van der Waals surface area (Å²) in [4.78, 5) is 21.8. The number of piperazine rings is 1. The molecule has 0 aliphatic carbocycles. The van der Waals surface area contributed by atoms with Crippen molar-refractivity contribution in [1.29, 1.82) is 0 Å². The molecule has 2 aromatic heterocycles. The number of benzene rings is 2. The molecule has 2 aromatic carbocycles. The Morgan fingerprint density at radius 3 is 2.39 bits per heavy atom. The first-order valence-corrected chi connectivity index (χ1v) is 10.5. The van der Waals surface area contributed by atoms with Gasteiger partial charge in [0.25, 0.3) is 5.91 Å². The maximum Gasteiger partial charge on any atom is 0.270 e. The molecule has 4 aromatic rings. The maximum atomic E-state index is 13.2. The van der Waals surface area contributed by atoms with Gasteiger partial charge >= 0.3 is 0 Å². The fourth-order valence-electron chi connectivity index (χ4n) is 4.06. The summed E-state index contributed by atoms with van der Waals surface area (Å²) in [5.74, 6) is 2.57. The van der Waals surface area contributed by atoms with Gasteiger partial charge in [0.15, 0.2) is 0 Å². The minimum atomic E-state index is 0.0601. The smallest absolute Gasteiger partial charge is 0.270 e. The number of anilines is 1. The van der Waals surface area contributed by atoms with E-state index in [1.54, 1.807) is 6.20 Å². The molecule has 0 spiro atoms. The van der Waals surface area contributed by atoms with Crippen LogP contribution < -0.4 is 9.64 Å². The number of para-hydroxylation sites is 1. The van der Waals surface area contributed by atoms with Crippen LogP contribution in [0.15, 0.2) is 79.0 Å². The van der Waals surface area contributed by atoms with Crippen LogP contribution in [0.1, 0.15) is 10.5 Å². The SMILES string of the molecule is Cn1c(C(=O)N2CCN(c3ccccn3)CC2)cc2cc(Oc3ccccc3)ccc21. The van der Waals surface area contributed by atoms with Gasteiger partial charge in [0.05, 0.1) is 0 Å². The van der Waals surface area contributed by atoms with Crippen LogP contribution in [0.5, 0.6) is 11.5 Å². The predicted octanol–water partition coefficient (Wildman–Crippen LogP) is 4.33. The molecule has 0 bridgehead atoms. The molecule has 1 aliphatic heterocycles. The minimum Gasteiger partial charge on any atom is -0.457 e. The molecule has 0 saturated carbocycles. The number of amides is 1. The van der Waals surface area contributed by atoms with Crippen LogP contribution in [0.4, 0.5) is 5.82 Å². The van der Waals surface area contributed by atoms with Crippen LogP contribution in [0.25, 0.3) is 10.9 Å². The number of carbonyl (C=O) groups is 1. The fraction of sp³-hybridized carbons (Fsp3) is 0.200. The molecule has 0 N–H and O–H groups in total. The highest BCUT2D eigenvalue weighted by Crippen LogP contribution is 2.28. The minimum absolute atomic E-state index is 0.0601. The third kappa shape index (κ3) is 3.84. The van der Waals surface area contributed by atoms with Gasteiger partial charge in [-0.05, 0) is 48.5 Å². The second kappa shape index (κ2) is 8.14. The number of hydrogen-bond acceptors (Lipinski definition) is 4. The number of hydrogen-bond donors (Lipinski definition) is 0. The molecule has 31 heavy (non-hydrogen) atoms. The summed E-state index contributed by atoms with van der Waals surface area (Å²) in [5.41, 5.74) is 1.70. The van der Waals surface area contributed by atoms with Crippen molar-refractivity contribution in [2.45, 2.75) is 0 Å². The molecule has 0 radical (unpaired) electrons. The van der Waals surface area contributed by atoms with Gasteiger partial charge in [0, 0.05) is 50.3 Å². The van der Waals surface area contributed by atoms with Crippen LogP contribution in [0.2, 0.25) is 0 Å². The van der Waals surface area contributed by atoms with Crippen LogP contribution in [-0.4, -0.2) is 46.5 Å². The zero-order valence-corrected chi connectivity index (χ0v) is 17.4. The molecule has 156 valence electrons. The maximum absolute atomic E-state index is 13.2. The van der Waals surface area contributed by atoms with E-state index in [-0.39, 0.29) is 5.91 Å². The third-order valence-corrected chi connectivity index (χ3v) is 5.75. The summed E-state index contributed by atoms with van der Waals surface area (Å²) in [5, 5.41) is 0.992. The first-order chi connectivity index (χ1) is 15.2. The van der Waals surface area contributed by atoms with Crippen LogP contribution >= 0.6 is 0 Å². The predicted molar refractivity (Wildman–Crippen MR) is 122 cm³/mol. The first-order valence-electron chi connectivity index (χ1n) is 10.5. The highest BCUT2D eigenvalue weighted by Gasteiger charge is 2.25. The summed E-state index contributed by atoms with van der Waals surface area (Å²) < 4.78 is 7.92. The van der Waals surface area contributed by atoms with Crippen molar-refractivity contribution in [3.8, 4) is 11.5 Å². The van der Waals surface area contributed by atoms with E-state index in [0.717, 1.165) is 41.3 Å². The molecule has 1 saturated heterocycles. The van der Waals surface area contributed by atoms with Gasteiger partial charge in [-0.25, -0.2) is 4.98 Å². The average molecular weight is 412 g/mol. The quantitative estimate of drug-likeness (QED) is 0.501. The molecule has 1 aliphatic rings. The summed E-state index contributed by atoms with van der Waals surface area (Å²) in [6, 6.07) is 23.5. The standard InChI is InChI=1S/C25H24N4O2/c1-27-22-11-10-21(31-20-7-3-2-4-8-20)17-19(22)18-23(27)25(30)29-15-13-28(14-16-29)24-9-5-6-12-26-24/h2-12,17-18H,13-16H2,1H3. The lowest BCUT2D eigenvalue weighted by atomic mass is 10.2. The Bertz CT molecular complexity index is 1200. The summed E-state index contributed by atoms with van der Waals surface area (Å²) in [6.07, 6.45) is 1.80. The van der Waals surface area contributed by atoms with Crippen molar-refractivity contribution < 1.29 is 9.53 Å².